The first-order valence-electron chi connectivity index (χ1n) is 23.7. The molecule has 0 bridgehead atoms. The van der Waals surface area contributed by atoms with Gasteiger partial charge in [0.15, 0.2) is 0 Å². The molecule has 0 saturated heterocycles. The fourth-order valence-corrected chi connectivity index (χ4v) is 10.1. The summed E-state index contributed by atoms with van der Waals surface area (Å²) in [7, 11) is 0. The van der Waals surface area contributed by atoms with Gasteiger partial charge in [-0.3, -0.25) is 0 Å². The van der Waals surface area contributed by atoms with E-state index >= 15 is 0 Å². The Bertz CT molecular complexity index is 3700. The summed E-state index contributed by atoms with van der Waals surface area (Å²) in [6.45, 7) is 0. The van der Waals surface area contributed by atoms with Crippen LogP contribution in [0.25, 0.3) is 99.4 Å². The van der Waals surface area contributed by atoms with E-state index in [1.165, 1.54) is 93.9 Å². The van der Waals surface area contributed by atoms with E-state index in [9.17, 15) is 0 Å². The predicted molar refractivity (Wildman–Crippen MR) is 294 cm³/mol. The molecule has 0 radical (unpaired) electrons. The average Bonchev–Trinajstić information content (AvgIpc) is 3.44. The molecule has 0 aliphatic rings. The van der Waals surface area contributed by atoms with Gasteiger partial charge in [-0.15, -0.1) is 0 Å². The molecule has 0 spiro atoms. The summed E-state index contributed by atoms with van der Waals surface area (Å²) < 4.78 is 0. The fourth-order valence-electron chi connectivity index (χ4n) is 10.1. The van der Waals surface area contributed by atoms with Crippen LogP contribution in [0.2, 0.25) is 0 Å². The van der Waals surface area contributed by atoms with Crippen molar-refractivity contribution >= 4 is 38.6 Å². The highest BCUT2D eigenvalue weighted by molar-refractivity contribution is 6.22. The second kappa shape index (κ2) is 18.3. The van der Waals surface area contributed by atoms with Crippen molar-refractivity contribution in [3.05, 3.63) is 285 Å². The van der Waals surface area contributed by atoms with Gasteiger partial charge in [0.1, 0.15) is 0 Å². The van der Waals surface area contributed by atoms with Crippen molar-refractivity contribution in [1.82, 2.24) is 0 Å². The largest absolute Gasteiger partial charge is 0.311 e. The van der Waals surface area contributed by atoms with Crippen LogP contribution < -0.4 is 4.90 Å². The van der Waals surface area contributed by atoms with E-state index in [2.05, 4.69) is 290 Å². The summed E-state index contributed by atoms with van der Waals surface area (Å²) in [6, 6.07) is 104. The number of hydrogen-bond acceptors (Lipinski definition) is 1. The van der Waals surface area contributed by atoms with E-state index in [1.54, 1.807) is 0 Å². The molecule has 0 unspecified atom stereocenters. The first kappa shape index (κ1) is 41.4. The molecule has 1 nitrogen and oxygen atoms in total. The third-order valence-corrected chi connectivity index (χ3v) is 13.5. The van der Waals surface area contributed by atoms with Gasteiger partial charge in [-0.1, -0.05) is 237 Å². The van der Waals surface area contributed by atoms with Crippen molar-refractivity contribution in [3.63, 3.8) is 0 Å². The predicted octanol–water partition coefficient (Wildman–Crippen LogP) is 19.1. The third kappa shape index (κ3) is 8.07. The van der Waals surface area contributed by atoms with Crippen LogP contribution in [0.5, 0.6) is 0 Å². The summed E-state index contributed by atoms with van der Waals surface area (Å²) in [5.74, 6) is 0. The van der Waals surface area contributed by atoms with Crippen LogP contribution >= 0.6 is 0 Å². The highest BCUT2D eigenvalue weighted by Gasteiger charge is 2.20. The summed E-state index contributed by atoms with van der Waals surface area (Å²) in [5.41, 5.74) is 20.1. The molecule has 0 atom stereocenters. The molecule has 12 aromatic rings. The molecule has 0 aliphatic heterocycles. The lowest BCUT2D eigenvalue weighted by Gasteiger charge is -2.26. The van der Waals surface area contributed by atoms with Crippen LogP contribution in [0.3, 0.4) is 0 Å². The molecule has 0 saturated carbocycles. The Balaban J connectivity index is 0.957. The highest BCUT2D eigenvalue weighted by Crippen LogP contribution is 2.46. The molecule has 12 rings (SSSR count). The van der Waals surface area contributed by atoms with Gasteiger partial charge in [0.05, 0.1) is 0 Å². The first-order valence-corrected chi connectivity index (χ1v) is 23.7. The van der Waals surface area contributed by atoms with Gasteiger partial charge in [-0.25, -0.2) is 0 Å². The van der Waals surface area contributed by atoms with Crippen molar-refractivity contribution in [1.29, 1.82) is 0 Å². The molecule has 12 aromatic carbocycles. The van der Waals surface area contributed by atoms with Crippen LogP contribution in [0.15, 0.2) is 285 Å². The fraction of sp³-hybridized carbons (Fsp3) is 0. The van der Waals surface area contributed by atoms with Gasteiger partial charge in [0.2, 0.25) is 0 Å². The Morgan fingerprint density at radius 2 is 0.493 bits per heavy atom. The minimum absolute atomic E-state index is 1.08. The van der Waals surface area contributed by atoms with Crippen LogP contribution in [0, 0.1) is 0 Å². The average molecular weight is 878 g/mol. The zero-order valence-electron chi connectivity index (χ0n) is 38.1. The van der Waals surface area contributed by atoms with Gasteiger partial charge >= 0.3 is 0 Å². The molecule has 0 fully saturated rings. The maximum atomic E-state index is 2.40. The van der Waals surface area contributed by atoms with E-state index in [1.807, 2.05) is 0 Å². The molecule has 324 valence electrons. The Morgan fingerprint density at radius 1 is 0.174 bits per heavy atom. The minimum atomic E-state index is 1.08. The van der Waals surface area contributed by atoms with Crippen molar-refractivity contribution in [2.75, 3.05) is 4.90 Å². The van der Waals surface area contributed by atoms with Crippen LogP contribution in [0.1, 0.15) is 0 Å². The molecule has 69 heavy (non-hydrogen) atoms. The third-order valence-electron chi connectivity index (χ3n) is 13.5. The maximum Gasteiger partial charge on any atom is 0.0462 e. The van der Waals surface area contributed by atoms with Gasteiger partial charge in [-0.05, 0) is 148 Å². The van der Waals surface area contributed by atoms with Crippen molar-refractivity contribution in [3.8, 4) is 77.9 Å². The Morgan fingerprint density at radius 3 is 1.01 bits per heavy atom. The second-order valence-electron chi connectivity index (χ2n) is 17.6. The zero-order chi connectivity index (χ0) is 45.9. The molecule has 1 heteroatoms. The Labute approximate surface area is 404 Å². The Kier molecular flexibility index (Phi) is 11.0. The monoisotopic (exact) mass is 877 g/mol. The zero-order valence-corrected chi connectivity index (χ0v) is 38.1. The number of anilines is 3. The number of fused-ring (bicyclic) bond motifs is 3. The van der Waals surface area contributed by atoms with E-state index in [-0.39, 0.29) is 0 Å². The molecular weight excluding hydrogens is 831 g/mol. The molecule has 0 aromatic heterocycles. The lowest BCUT2D eigenvalue weighted by atomic mass is 9.84. The smallest absolute Gasteiger partial charge is 0.0462 e. The van der Waals surface area contributed by atoms with Gasteiger partial charge in [0, 0.05) is 17.1 Å². The quantitative estimate of drug-likeness (QED) is 0.124. The van der Waals surface area contributed by atoms with E-state index < -0.39 is 0 Å². The molecule has 0 amide bonds. The van der Waals surface area contributed by atoms with Gasteiger partial charge < -0.3 is 4.90 Å². The van der Waals surface area contributed by atoms with Crippen molar-refractivity contribution in [2.45, 2.75) is 0 Å². The van der Waals surface area contributed by atoms with Crippen molar-refractivity contribution < 1.29 is 0 Å². The number of rotatable bonds is 10. The summed E-state index contributed by atoms with van der Waals surface area (Å²) >= 11 is 0. The highest BCUT2D eigenvalue weighted by atomic mass is 15.1. The summed E-state index contributed by atoms with van der Waals surface area (Å²) in [4.78, 5) is 2.37. The van der Waals surface area contributed by atoms with Gasteiger partial charge in [0.25, 0.3) is 0 Å². The normalized spacial score (nSPS) is 11.2. The standard InChI is InChI=1S/C68H47N/c1-6-18-48(19-7-1)50-30-38-58(39-31-50)69(60-42-34-53(35-43-60)61-44-36-56(49-20-8-2-9-21-49)46-65(61)52-22-10-3-11-23-52)59-40-32-51(33-41-59)57-37-45-63-62-28-16-17-29-64(62)67(54-24-12-4-13-25-54)68(66(63)47-57)55-26-14-5-15-27-55/h1-47H. The minimum Gasteiger partial charge on any atom is -0.311 e. The molecule has 0 heterocycles. The Hall–Kier alpha value is -9.04. The van der Waals surface area contributed by atoms with Crippen LogP contribution in [-0.4, -0.2) is 0 Å². The maximum absolute atomic E-state index is 2.40. The number of benzene rings is 12. The second-order valence-corrected chi connectivity index (χ2v) is 17.6. The van der Waals surface area contributed by atoms with Crippen LogP contribution in [-0.2, 0) is 0 Å². The van der Waals surface area contributed by atoms with Gasteiger partial charge in [-0.2, -0.15) is 0 Å². The van der Waals surface area contributed by atoms with Crippen molar-refractivity contribution in [2.24, 2.45) is 0 Å². The van der Waals surface area contributed by atoms with E-state index in [4.69, 9.17) is 0 Å². The van der Waals surface area contributed by atoms with Crippen LogP contribution in [0.4, 0.5) is 17.1 Å². The lowest BCUT2D eigenvalue weighted by molar-refractivity contribution is 1.28. The molecule has 0 aliphatic carbocycles. The SMILES string of the molecule is c1ccc(-c2ccc(N(c3ccc(-c4ccc5c(c4)c(-c4ccccc4)c(-c4ccccc4)c4ccccc45)cc3)c3ccc(-c4ccc(-c5ccccc5)cc4-c4ccccc4)cc3)cc2)cc1. The van der Waals surface area contributed by atoms with E-state index in [0.29, 0.717) is 0 Å². The first-order chi connectivity index (χ1) is 34.2. The van der Waals surface area contributed by atoms with E-state index in [0.717, 1.165) is 22.6 Å². The summed E-state index contributed by atoms with van der Waals surface area (Å²) in [5, 5.41) is 5.01. The number of hydrogen-bond donors (Lipinski definition) is 0. The topological polar surface area (TPSA) is 3.24 Å². The molecular formula is C68H47N. The molecule has 0 N–H and O–H groups in total. The summed E-state index contributed by atoms with van der Waals surface area (Å²) in [6.07, 6.45) is 0. The lowest BCUT2D eigenvalue weighted by Crippen LogP contribution is -2.09. The number of nitrogens with zero attached hydrogens (tertiary/aromatic N) is 1.